The minimum atomic E-state index is -0.246. The van der Waals surface area contributed by atoms with E-state index in [1.807, 2.05) is 49.6 Å². The van der Waals surface area contributed by atoms with E-state index in [0.29, 0.717) is 15.7 Å². The molecular weight excluding hydrogens is 360 g/mol. The minimum absolute atomic E-state index is 0.246. The zero-order valence-electron chi connectivity index (χ0n) is 13.2. The summed E-state index contributed by atoms with van der Waals surface area (Å²) < 4.78 is 0. The van der Waals surface area contributed by atoms with Gasteiger partial charge >= 0.3 is 0 Å². The van der Waals surface area contributed by atoms with Crippen molar-refractivity contribution in [1.29, 1.82) is 0 Å². The van der Waals surface area contributed by atoms with Crippen molar-refractivity contribution in [2.45, 2.75) is 11.8 Å². The van der Waals surface area contributed by atoms with Crippen LogP contribution in [0.5, 0.6) is 0 Å². The highest BCUT2D eigenvalue weighted by Gasteiger charge is 2.15. The lowest BCUT2D eigenvalue weighted by Gasteiger charge is -2.06. The summed E-state index contributed by atoms with van der Waals surface area (Å²) in [6, 6.07) is 15.4. The van der Waals surface area contributed by atoms with Crippen molar-refractivity contribution >= 4 is 45.7 Å². The Kier molecular flexibility index (Phi) is 5.23. The lowest BCUT2D eigenvalue weighted by atomic mass is 10.1. The summed E-state index contributed by atoms with van der Waals surface area (Å²) in [7, 11) is 0. The van der Waals surface area contributed by atoms with Gasteiger partial charge in [-0.25, -0.2) is 4.98 Å². The average Bonchev–Trinajstić information content (AvgIpc) is 2.96. The maximum atomic E-state index is 12.5. The number of hydrogen-bond donors (Lipinski definition) is 1. The van der Waals surface area contributed by atoms with E-state index in [1.54, 1.807) is 23.9 Å². The topological polar surface area (TPSA) is 42.0 Å². The van der Waals surface area contributed by atoms with E-state index < -0.39 is 0 Å². The number of thiazole rings is 1. The molecule has 122 valence electrons. The van der Waals surface area contributed by atoms with Gasteiger partial charge in [0, 0.05) is 15.3 Å². The second-order valence-electron chi connectivity index (χ2n) is 5.09. The van der Waals surface area contributed by atoms with Crippen LogP contribution in [0.2, 0.25) is 5.02 Å². The van der Waals surface area contributed by atoms with Crippen molar-refractivity contribution in [3.8, 4) is 11.3 Å². The van der Waals surface area contributed by atoms with Crippen molar-refractivity contribution < 1.29 is 4.79 Å². The summed E-state index contributed by atoms with van der Waals surface area (Å²) in [5, 5.41) is 3.86. The molecule has 0 aliphatic carbocycles. The molecule has 0 saturated heterocycles. The third-order valence-electron chi connectivity index (χ3n) is 3.48. The third-order valence-corrected chi connectivity index (χ3v) is 5.42. The van der Waals surface area contributed by atoms with Crippen LogP contribution in [0.25, 0.3) is 11.3 Å². The van der Waals surface area contributed by atoms with Crippen molar-refractivity contribution in [1.82, 2.24) is 4.98 Å². The van der Waals surface area contributed by atoms with Crippen molar-refractivity contribution in [3.63, 3.8) is 0 Å². The number of rotatable bonds is 4. The van der Waals surface area contributed by atoms with Gasteiger partial charge in [-0.05, 0) is 31.4 Å². The first-order chi connectivity index (χ1) is 11.6. The first-order valence-electron chi connectivity index (χ1n) is 7.26. The third kappa shape index (κ3) is 3.64. The van der Waals surface area contributed by atoms with Crippen LogP contribution in [-0.2, 0) is 0 Å². The molecule has 3 aromatic rings. The Labute approximate surface area is 154 Å². The predicted molar refractivity (Wildman–Crippen MR) is 103 cm³/mol. The highest BCUT2D eigenvalue weighted by Crippen LogP contribution is 2.31. The Hall–Kier alpha value is -1.82. The molecule has 1 aromatic heterocycles. The molecule has 0 aliphatic rings. The zero-order chi connectivity index (χ0) is 17.1. The van der Waals surface area contributed by atoms with E-state index in [0.717, 1.165) is 21.0 Å². The summed E-state index contributed by atoms with van der Waals surface area (Å²) in [6.07, 6.45) is 1.96. The highest BCUT2D eigenvalue weighted by atomic mass is 35.5. The van der Waals surface area contributed by atoms with Gasteiger partial charge in [0.05, 0.1) is 16.3 Å². The fraction of sp³-hybridized carbons (Fsp3) is 0.111. The molecule has 0 spiro atoms. The second-order valence-corrected chi connectivity index (χ2v) is 7.58. The van der Waals surface area contributed by atoms with Gasteiger partial charge in [0.1, 0.15) is 0 Å². The Bertz CT molecular complexity index is 878. The number of halogens is 1. The maximum Gasteiger partial charge on any atom is 0.258 e. The summed E-state index contributed by atoms with van der Waals surface area (Å²) in [4.78, 5) is 19.1. The molecule has 1 amide bonds. The molecule has 6 heteroatoms. The molecule has 0 atom stereocenters. The minimum Gasteiger partial charge on any atom is -0.298 e. The smallest absolute Gasteiger partial charge is 0.258 e. The highest BCUT2D eigenvalue weighted by molar-refractivity contribution is 7.98. The van der Waals surface area contributed by atoms with E-state index in [9.17, 15) is 4.79 Å². The Morgan fingerprint density at radius 1 is 1.21 bits per heavy atom. The number of hydrogen-bond acceptors (Lipinski definition) is 4. The van der Waals surface area contributed by atoms with Crippen LogP contribution in [0, 0.1) is 6.92 Å². The van der Waals surface area contributed by atoms with Gasteiger partial charge in [-0.15, -0.1) is 23.1 Å². The molecule has 0 bridgehead atoms. The molecule has 0 radical (unpaired) electrons. The Morgan fingerprint density at radius 2 is 1.96 bits per heavy atom. The van der Waals surface area contributed by atoms with Crippen molar-refractivity contribution in [2.75, 3.05) is 11.6 Å². The fourth-order valence-corrected chi connectivity index (χ4v) is 3.76. The zero-order valence-corrected chi connectivity index (χ0v) is 15.6. The van der Waals surface area contributed by atoms with Gasteiger partial charge in [-0.3, -0.25) is 10.1 Å². The summed E-state index contributed by atoms with van der Waals surface area (Å²) in [5.41, 5.74) is 2.38. The first-order valence-corrected chi connectivity index (χ1v) is 9.68. The van der Waals surface area contributed by atoms with Crippen LogP contribution in [0.15, 0.2) is 53.4 Å². The number of nitrogens with zero attached hydrogens (tertiary/aromatic N) is 1. The van der Waals surface area contributed by atoms with Gasteiger partial charge in [0.25, 0.3) is 5.91 Å². The SMILES string of the molecule is CSc1ccc(Cl)c(C(=O)Nc2nc(-c3ccccc3)c(C)s2)c1. The van der Waals surface area contributed by atoms with Gasteiger partial charge in [0.15, 0.2) is 5.13 Å². The molecular formula is C18H15ClN2OS2. The van der Waals surface area contributed by atoms with Crippen LogP contribution in [-0.4, -0.2) is 17.1 Å². The number of anilines is 1. The van der Waals surface area contributed by atoms with Crippen LogP contribution < -0.4 is 5.32 Å². The van der Waals surface area contributed by atoms with E-state index in [-0.39, 0.29) is 5.91 Å². The lowest BCUT2D eigenvalue weighted by Crippen LogP contribution is -2.12. The van der Waals surface area contributed by atoms with Crippen molar-refractivity contribution in [3.05, 3.63) is 64.0 Å². The molecule has 3 nitrogen and oxygen atoms in total. The van der Waals surface area contributed by atoms with E-state index in [4.69, 9.17) is 11.6 Å². The molecule has 3 rings (SSSR count). The molecule has 0 fully saturated rings. The largest absolute Gasteiger partial charge is 0.298 e. The van der Waals surface area contributed by atoms with Gasteiger partial charge < -0.3 is 0 Å². The van der Waals surface area contributed by atoms with Crippen LogP contribution in [0.3, 0.4) is 0 Å². The van der Waals surface area contributed by atoms with Crippen molar-refractivity contribution in [2.24, 2.45) is 0 Å². The Morgan fingerprint density at radius 3 is 2.67 bits per heavy atom. The molecule has 2 aromatic carbocycles. The summed E-state index contributed by atoms with van der Waals surface area (Å²) in [6.45, 7) is 2.00. The molecule has 24 heavy (non-hydrogen) atoms. The van der Waals surface area contributed by atoms with E-state index in [2.05, 4.69) is 10.3 Å². The second kappa shape index (κ2) is 7.38. The standard InChI is InChI=1S/C18H15ClN2OS2/c1-11-16(12-6-4-3-5-7-12)20-18(24-11)21-17(22)14-10-13(23-2)8-9-15(14)19/h3-10H,1-2H3,(H,20,21,22). The van der Waals surface area contributed by atoms with Gasteiger partial charge in [-0.1, -0.05) is 41.9 Å². The molecule has 1 heterocycles. The number of carbonyl (C=O) groups excluding carboxylic acids is 1. The monoisotopic (exact) mass is 374 g/mol. The Balaban J connectivity index is 1.86. The number of aromatic nitrogens is 1. The number of nitrogens with one attached hydrogen (secondary N) is 1. The fourth-order valence-electron chi connectivity index (χ4n) is 2.28. The van der Waals surface area contributed by atoms with Crippen LogP contribution in [0.4, 0.5) is 5.13 Å². The predicted octanol–water partition coefficient (Wildman–Crippen LogP) is 5.75. The molecule has 1 N–H and O–H groups in total. The number of aryl methyl sites for hydroxylation is 1. The van der Waals surface area contributed by atoms with E-state index >= 15 is 0 Å². The number of thioether (sulfide) groups is 1. The van der Waals surface area contributed by atoms with Crippen LogP contribution >= 0.6 is 34.7 Å². The first kappa shape index (κ1) is 17.0. The van der Waals surface area contributed by atoms with E-state index in [1.165, 1.54) is 11.3 Å². The number of benzene rings is 2. The van der Waals surface area contributed by atoms with Gasteiger partial charge in [0.2, 0.25) is 0 Å². The average molecular weight is 375 g/mol. The molecule has 0 aliphatic heterocycles. The quantitative estimate of drug-likeness (QED) is 0.591. The lowest BCUT2D eigenvalue weighted by molar-refractivity contribution is 0.102. The molecule has 0 saturated carbocycles. The maximum absolute atomic E-state index is 12.5. The summed E-state index contributed by atoms with van der Waals surface area (Å²) >= 11 is 9.18. The normalized spacial score (nSPS) is 10.6. The molecule has 0 unspecified atom stereocenters. The number of amides is 1. The number of carbonyl (C=O) groups is 1. The van der Waals surface area contributed by atoms with Gasteiger partial charge in [-0.2, -0.15) is 0 Å². The summed E-state index contributed by atoms with van der Waals surface area (Å²) in [5.74, 6) is -0.246. The van der Waals surface area contributed by atoms with Crippen LogP contribution in [0.1, 0.15) is 15.2 Å².